The third-order valence-corrected chi connectivity index (χ3v) is 6.13. The Morgan fingerprint density at radius 3 is 2.44 bits per heavy atom. The van der Waals surface area contributed by atoms with E-state index in [9.17, 15) is 14.4 Å². The second kappa shape index (κ2) is 6.68. The highest BCUT2D eigenvalue weighted by atomic mass is 16.2. The molecule has 0 radical (unpaired) electrons. The van der Waals surface area contributed by atoms with Gasteiger partial charge in [-0.25, -0.2) is 0 Å². The highest BCUT2D eigenvalue weighted by Crippen LogP contribution is 2.47. The van der Waals surface area contributed by atoms with Crippen molar-refractivity contribution in [1.82, 2.24) is 14.8 Å². The number of carbonyl (C=O) groups is 2. The quantitative estimate of drug-likeness (QED) is 0.877. The normalized spacial score (nSPS) is 21.3. The fraction of sp³-hybridized carbons (Fsp3) is 0.381. The zero-order valence-electron chi connectivity index (χ0n) is 15.4. The summed E-state index contributed by atoms with van der Waals surface area (Å²) in [7, 11) is 1.61. The summed E-state index contributed by atoms with van der Waals surface area (Å²) in [4.78, 5) is 39.2. The monoisotopic (exact) mass is 365 g/mol. The Kier molecular flexibility index (Phi) is 4.34. The molecule has 1 aromatic carbocycles. The highest BCUT2D eigenvalue weighted by Gasteiger charge is 2.52. The summed E-state index contributed by atoms with van der Waals surface area (Å²) in [5.74, 6) is 0.0693. The number of amides is 2. The molecule has 1 atom stereocenters. The maximum atomic E-state index is 12.9. The predicted molar refractivity (Wildman–Crippen MR) is 101 cm³/mol. The number of nitrogens with zero attached hydrogens (tertiary/aromatic N) is 2. The molecule has 1 N–H and O–H groups in total. The number of carbonyl (C=O) groups excluding carboxylic acids is 2. The van der Waals surface area contributed by atoms with Crippen molar-refractivity contribution in [3.05, 3.63) is 70.1 Å². The van der Waals surface area contributed by atoms with E-state index in [4.69, 9.17) is 0 Å². The standard InChI is InChI=1S/C21H23N3O3/c1-23-17(8-5-9-18(23)25)19(26)24-12-10-21(11-13-24)16(14-22-20(21)27)15-6-3-2-4-7-15/h2-9,16H,10-14H2,1H3,(H,22,27). The lowest BCUT2D eigenvalue weighted by atomic mass is 9.68. The van der Waals surface area contributed by atoms with E-state index in [1.54, 1.807) is 24.1 Å². The van der Waals surface area contributed by atoms with Gasteiger partial charge < -0.3 is 14.8 Å². The first-order chi connectivity index (χ1) is 13.0. The van der Waals surface area contributed by atoms with Crippen LogP contribution in [0.4, 0.5) is 0 Å². The molecule has 2 saturated heterocycles. The van der Waals surface area contributed by atoms with Gasteiger partial charge in [0.25, 0.3) is 11.5 Å². The van der Waals surface area contributed by atoms with Crippen LogP contribution in [0.15, 0.2) is 53.3 Å². The molecule has 1 spiro atoms. The Morgan fingerprint density at radius 2 is 1.74 bits per heavy atom. The van der Waals surface area contributed by atoms with E-state index in [1.165, 1.54) is 16.2 Å². The van der Waals surface area contributed by atoms with E-state index in [1.807, 2.05) is 18.2 Å². The molecule has 2 fully saturated rings. The number of benzene rings is 1. The van der Waals surface area contributed by atoms with Gasteiger partial charge in [0.05, 0.1) is 5.41 Å². The van der Waals surface area contributed by atoms with E-state index in [-0.39, 0.29) is 23.3 Å². The van der Waals surface area contributed by atoms with E-state index >= 15 is 0 Å². The lowest BCUT2D eigenvalue weighted by Gasteiger charge is -2.41. The number of nitrogens with one attached hydrogen (secondary N) is 1. The van der Waals surface area contributed by atoms with Gasteiger partial charge in [-0.15, -0.1) is 0 Å². The first kappa shape index (κ1) is 17.5. The first-order valence-electron chi connectivity index (χ1n) is 9.31. The van der Waals surface area contributed by atoms with Crippen LogP contribution in [0.5, 0.6) is 0 Å². The van der Waals surface area contributed by atoms with Gasteiger partial charge in [-0.2, -0.15) is 0 Å². The van der Waals surface area contributed by atoms with Gasteiger partial charge in [0.1, 0.15) is 5.69 Å². The van der Waals surface area contributed by atoms with Crippen molar-refractivity contribution in [2.45, 2.75) is 18.8 Å². The molecule has 1 aromatic heterocycles. The summed E-state index contributed by atoms with van der Waals surface area (Å²) in [6.45, 7) is 1.67. The van der Waals surface area contributed by atoms with Gasteiger partial charge in [-0.3, -0.25) is 14.4 Å². The average molecular weight is 365 g/mol. The molecular formula is C21H23N3O3. The molecular weight excluding hydrogens is 342 g/mol. The van der Waals surface area contributed by atoms with Gasteiger partial charge >= 0.3 is 0 Å². The molecule has 0 saturated carbocycles. The van der Waals surface area contributed by atoms with Crippen LogP contribution >= 0.6 is 0 Å². The molecule has 2 aliphatic rings. The third kappa shape index (κ3) is 2.85. The van der Waals surface area contributed by atoms with Crippen LogP contribution in [-0.2, 0) is 11.8 Å². The van der Waals surface area contributed by atoms with Gasteiger partial charge in [-0.1, -0.05) is 36.4 Å². The van der Waals surface area contributed by atoms with Gasteiger partial charge in [-0.05, 0) is 24.5 Å². The van der Waals surface area contributed by atoms with Gasteiger partial charge in [0.2, 0.25) is 5.91 Å². The van der Waals surface area contributed by atoms with Crippen LogP contribution in [0.25, 0.3) is 0 Å². The van der Waals surface area contributed by atoms with Crippen LogP contribution < -0.4 is 10.9 Å². The van der Waals surface area contributed by atoms with Crippen molar-refractivity contribution < 1.29 is 9.59 Å². The first-order valence-corrected chi connectivity index (χ1v) is 9.31. The van der Waals surface area contributed by atoms with E-state index in [0.717, 1.165) is 0 Å². The molecule has 0 bridgehead atoms. The summed E-state index contributed by atoms with van der Waals surface area (Å²) >= 11 is 0. The third-order valence-electron chi connectivity index (χ3n) is 6.13. The number of hydrogen-bond donors (Lipinski definition) is 1. The summed E-state index contributed by atoms with van der Waals surface area (Å²) in [5.41, 5.74) is 0.893. The lowest BCUT2D eigenvalue weighted by Crippen LogP contribution is -2.48. The van der Waals surface area contributed by atoms with E-state index in [0.29, 0.717) is 38.2 Å². The smallest absolute Gasteiger partial charge is 0.270 e. The zero-order valence-corrected chi connectivity index (χ0v) is 15.4. The van der Waals surface area contributed by atoms with Crippen molar-refractivity contribution in [1.29, 1.82) is 0 Å². The zero-order chi connectivity index (χ0) is 19.0. The second-order valence-electron chi connectivity index (χ2n) is 7.43. The van der Waals surface area contributed by atoms with Crippen LogP contribution in [0.3, 0.4) is 0 Å². The number of hydrogen-bond acceptors (Lipinski definition) is 3. The van der Waals surface area contributed by atoms with E-state index in [2.05, 4.69) is 17.4 Å². The fourth-order valence-corrected chi connectivity index (χ4v) is 4.47. The van der Waals surface area contributed by atoms with Crippen LogP contribution in [0.1, 0.15) is 34.8 Å². The maximum absolute atomic E-state index is 12.9. The maximum Gasteiger partial charge on any atom is 0.270 e. The van der Waals surface area contributed by atoms with Crippen molar-refractivity contribution in [2.24, 2.45) is 12.5 Å². The van der Waals surface area contributed by atoms with Crippen molar-refractivity contribution >= 4 is 11.8 Å². The topological polar surface area (TPSA) is 71.4 Å². The SMILES string of the molecule is Cn1c(C(=O)N2CCC3(CC2)C(=O)NCC3c2ccccc2)cccc1=O. The molecule has 0 aliphatic carbocycles. The Bertz CT molecular complexity index is 927. The number of aromatic nitrogens is 1. The Balaban J connectivity index is 1.55. The van der Waals surface area contributed by atoms with Crippen LogP contribution in [-0.4, -0.2) is 40.9 Å². The molecule has 2 amide bonds. The molecule has 6 nitrogen and oxygen atoms in total. The van der Waals surface area contributed by atoms with Crippen molar-refractivity contribution in [3.8, 4) is 0 Å². The predicted octanol–water partition coefficient (Wildman–Crippen LogP) is 1.52. The minimum atomic E-state index is -0.458. The van der Waals surface area contributed by atoms with Crippen molar-refractivity contribution in [3.63, 3.8) is 0 Å². The summed E-state index contributed by atoms with van der Waals surface area (Å²) in [6.07, 6.45) is 1.26. The Morgan fingerprint density at radius 1 is 1.04 bits per heavy atom. The minimum absolute atomic E-state index is 0.0931. The molecule has 3 heterocycles. The number of piperidine rings is 1. The lowest BCUT2D eigenvalue weighted by molar-refractivity contribution is -0.130. The summed E-state index contributed by atoms with van der Waals surface area (Å²) < 4.78 is 1.38. The fourth-order valence-electron chi connectivity index (χ4n) is 4.47. The van der Waals surface area contributed by atoms with Gasteiger partial charge in [0.15, 0.2) is 0 Å². The highest BCUT2D eigenvalue weighted by molar-refractivity contribution is 5.93. The van der Waals surface area contributed by atoms with Crippen LogP contribution in [0.2, 0.25) is 0 Å². The number of pyridine rings is 1. The van der Waals surface area contributed by atoms with Crippen LogP contribution in [0, 0.1) is 5.41 Å². The second-order valence-corrected chi connectivity index (χ2v) is 7.43. The molecule has 2 aliphatic heterocycles. The van der Waals surface area contributed by atoms with Gasteiger partial charge in [0, 0.05) is 38.7 Å². The molecule has 27 heavy (non-hydrogen) atoms. The summed E-state index contributed by atoms with van der Waals surface area (Å²) in [5, 5.41) is 3.03. The number of likely N-dealkylation sites (tertiary alicyclic amines) is 1. The minimum Gasteiger partial charge on any atom is -0.355 e. The van der Waals surface area contributed by atoms with Crippen molar-refractivity contribution in [2.75, 3.05) is 19.6 Å². The number of rotatable bonds is 2. The molecule has 6 heteroatoms. The Hall–Kier alpha value is -2.89. The molecule has 1 unspecified atom stereocenters. The largest absolute Gasteiger partial charge is 0.355 e. The molecule has 2 aromatic rings. The molecule has 140 valence electrons. The average Bonchev–Trinajstić information content (AvgIpc) is 3.01. The van der Waals surface area contributed by atoms with E-state index < -0.39 is 5.41 Å². The Labute approximate surface area is 157 Å². The molecule has 4 rings (SSSR count). The summed E-state index contributed by atoms with van der Waals surface area (Å²) in [6, 6.07) is 14.8.